The normalized spacial score (nSPS) is 9.85. The van der Waals surface area contributed by atoms with Gasteiger partial charge >= 0.3 is 0 Å². The highest BCUT2D eigenvalue weighted by molar-refractivity contribution is 9.10. The van der Waals surface area contributed by atoms with Crippen LogP contribution in [0.1, 0.15) is 15.9 Å². The number of carbonyl (C=O) groups excluding carboxylic acids is 1. The van der Waals surface area contributed by atoms with Crippen molar-refractivity contribution in [3.05, 3.63) is 57.0 Å². The van der Waals surface area contributed by atoms with Crippen LogP contribution in [-0.4, -0.2) is 5.91 Å². The van der Waals surface area contributed by atoms with Gasteiger partial charge in [0.15, 0.2) is 0 Å². The van der Waals surface area contributed by atoms with E-state index in [0.717, 1.165) is 4.47 Å². The largest absolute Gasteiger partial charge is 0.456 e. The highest BCUT2D eigenvalue weighted by Gasteiger charge is 2.11. The van der Waals surface area contributed by atoms with Crippen molar-refractivity contribution in [1.82, 2.24) is 0 Å². The Morgan fingerprint density at radius 2 is 2.05 bits per heavy atom. The lowest BCUT2D eigenvalue weighted by Crippen LogP contribution is -2.12. The molecule has 0 aliphatic rings. The van der Waals surface area contributed by atoms with Crippen LogP contribution >= 0.6 is 27.5 Å². The molecule has 4 nitrogen and oxygen atoms in total. The van der Waals surface area contributed by atoms with Gasteiger partial charge in [-0.25, -0.2) is 0 Å². The molecule has 0 aliphatic carbocycles. The molecule has 100 valence electrons. The third-order valence-corrected chi connectivity index (χ3v) is 3.30. The highest BCUT2D eigenvalue weighted by Crippen LogP contribution is 2.30. The Bertz CT molecular complexity index is 726. The van der Waals surface area contributed by atoms with E-state index in [4.69, 9.17) is 27.3 Å². The second-order valence-corrected chi connectivity index (χ2v) is 5.18. The zero-order valence-corrected chi connectivity index (χ0v) is 12.4. The van der Waals surface area contributed by atoms with Crippen molar-refractivity contribution in [2.24, 2.45) is 5.73 Å². The molecule has 2 rings (SSSR count). The van der Waals surface area contributed by atoms with Crippen LogP contribution in [-0.2, 0) is 0 Å². The molecule has 0 heterocycles. The molecule has 2 N–H and O–H groups in total. The molecule has 0 saturated heterocycles. The lowest BCUT2D eigenvalue weighted by molar-refractivity contribution is 0.0998. The fourth-order valence-electron chi connectivity index (χ4n) is 1.56. The number of halogens is 2. The Morgan fingerprint density at radius 1 is 1.30 bits per heavy atom. The fourth-order valence-corrected chi connectivity index (χ4v) is 2.11. The monoisotopic (exact) mass is 350 g/mol. The lowest BCUT2D eigenvalue weighted by atomic mass is 10.2. The van der Waals surface area contributed by atoms with E-state index in [1.807, 2.05) is 6.07 Å². The number of hydrogen-bond donors (Lipinski definition) is 1. The molecule has 0 atom stereocenters. The molecule has 1 amide bonds. The first kappa shape index (κ1) is 14.4. The molecule has 6 heteroatoms. The standard InChI is InChI=1S/C14H8BrClN2O2/c15-9-2-4-11(14(18)19)13(5-9)20-10-3-1-8(7-17)12(16)6-10/h1-6H,(H2,18,19). The smallest absolute Gasteiger partial charge is 0.252 e. The van der Waals surface area contributed by atoms with Gasteiger partial charge in [-0.2, -0.15) is 5.26 Å². The molecule has 2 aromatic carbocycles. The summed E-state index contributed by atoms with van der Waals surface area (Å²) in [5, 5.41) is 9.09. The van der Waals surface area contributed by atoms with Crippen LogP contribution in [0.25, 0.3) is 0 Å². The van der Waals surface area contributed by atoms with Crippen molar-refractivity contribution < 1.29 is 9.53 Å². The molecule has 0 radical (unpaired) electrons. The van der Waals surface area contributed by atoms with Crippen molar-refractivity contribution in [1.29, 1.82) is 5.26 Å². The van der Waals surface area contributed by atoms with Gasteiger partial charge in [0, 0.05) is 10.5 Å². The van der Waals surface area contributed by atoms with Gasteiger partial charge < -0.3 is 10.5 Å². The van der Waals surface area contributed by atoms with E-state index in [2.05, 4.69) is 15.9 Å². The molecule has 20 heavy (non-hydrogen) atoms. The van der Waals surface area contributed by atoms with E-state index in [9.17, 15) is 4.79 Å². The number of nitrogens with two attached hydrogens (primary N) is 1. The van der Waals surface area contributed by atoms with Gasteiger partial charge in [0.05, 0.1) is 16.1 Å². The molecule has 0 aliphatic heterocycles. The van der Waals surface area contributed by atoms with E-state index in [1.165, 1.54) is 6.07 Å². The minimum Gasteiger partial charge on any atom is -0.456 e. The van der Waals surface area contributed by atoms with Gasteiger partial charge in [0.2, 0.25) is 0 Å². The number of benzene rings is 2. The number of primary amides is 1. The summed E-state index contributed by atoms with van der Waals surface area (Å²) in [7, 11) is 0. The van der Waals surface area contributed by atoms with E-state index < -0.39 is 5.91 Å². The first-order chi connectivity index (χ1) is 9.51. The van der Waals surface area contributed by atoms with E-state index >= 15 is 0 Å². The number of ether oxygens (including phenoxy) is 1. The van der Waals surface area contributed by atoms with Crippen molar-refractivity contribution in [3.63, 3.8) is 0 Å². The minimum atomic E-state index is -0.591. The summed E-state index contributed by atoms with van der Waals surface area (Å²) in [4.78, 5) is 11.3. The summed E-state index contributed by atoms with van der Waals surface area (Å²) in [6.45, 7) is 0. The van der Waals surface area contributed by atoms with Crippen LogP contribution in [0.5, 0.6) is 11.5 Å². The lowest BCUT2D eigenvalue weighted by Gasteiger charge is -2.10. The number of amides is 1. The van der Waals surface area contributed by atoms with Gasteiger partial charge in [0.1, 0.15) is 17.6 Å². The number of nitrogens with zero attached hydrogens (tertiary/aromatic N) is 1. The van der Waals surface area contributed by atoms with E-state index in [-0.39, 0.29) is 10.6 Å². The first-order valence-corrected chi connectivity index (χ1v) is 6.65. The van der Waals surface area contributed by atoms with Crippen LogP contribution in [0.2, 0.25) is 5.02 Å². The van der Waals surface area contributed by atoms with Crippen molar-refractivity contribution in [3.8, 4) is 17.6 Å². The van der Waals surface area contributed by atoms with Crippen LogP contribution in [0.4, 0.5) is 0 Å². The Kier molecular flexibility index (Phi) is 4.28. The molecule has 0 saturated carbocycles. The Morgan fingerprint density at radius 3 is 2.65 bits per heavy atom. The third kappa shape index (κ3) is 3.10. The maximum absolute atomic E-state index is 11.3. The van der Waals surface area contributed by atoms with Crippen LogP contribution in [0.3, 0.4) is 0 Å². The molecule has 0 aromatic heterocycles. The summed E-state index contributed by atoms with van der Waals surface area (Å²) in [6.07, 6.45) is 0. The van der Waals surface area contributed by atoms with Crippen molar-refractivity contribution in [2.75, 3.05) is 0 Å². The molecule has 0 bridgehead atoms. The second kappa shape index (κ2) is 5.95. The highest BCUT2D eigenvalue weighted by atomic mass is 79.9. The maximum Gasteiger partial charge on any atom is 0.252 e. The number of carbonyl (C=O) groups is 1. The Hall–Kier alpha value is -2.03. The van der Waals surface area contributed by atoms with Crippen molar-refractivity contribution >= 4 is 33.4 Å². The molecule has 0 unspecified atom stereocenters. The summed E-state index contributed by atoms with van der Waals surface area (Å²) in [6, 6.07) is 11.5. The predicted molar refractivity (Wildman–Crippen MR) is 78.9 cm³/mol. The number of hydrogen-bond acceptors (Lipinski definition) is 3. The SMILES string of the molecule is N#Cc1ccc(Oc2cc(Br)ccc2C(N)=O)cc1Cl. The van der Waals surface area contributed by atoms with E-state index in [0.29, 0.717) is 17.1 Å². The minimum absolute atomic E-state index is 0.258. The zero-order valence-electron chi connectivity index (χ0n) is 10.1. The van der Waals surface area contributed by atoms with Gasteiger partial charge in [-0.15, -0.1) is 0 Å². The van der Waals surface area contributed by atoms with Crippen LogP contribution in [0, 0.1) is 11.3 Å². The van der Waals surface area contributed by atoms with Gasteiger partial charge in [-0.3, -0.25) is 4.79 Å². The molecule has 0 fully saturated rings. The van der Waals surface area contributed by atoms with Crippen molar-refractivity contribution in [2.45, 2.75) is 0 Å². The zero-order chi connectivity index (χ0) is 14.7. The number of rotatable bonds is 3. The van der Waals surface area contributed by atoms with E-state index in [1.54, 1.807) is 30.3 Å². The average molecular weight is 352 g/mol. The van der Waals surface area contributed by atoms with Gasteiger partial charge in [-0.1, -0.05) is 27.5 Å². The van der Waals surface area contributed by atoms with Crippen LogP contribution in [0.15, 0.2) is 40.9 Å². The Balaban J connectivity index is 2.39. The quantitative estimate of drug-likeness (QED) is 0.912. The third-order valence-electron chi connectivity index (χ3n) is 2.50. The average Bonchev–Trinajstić information content (AvgIpc) is 2.38. The first-order valence-electron chi connectivity index (χ1n) is 5.48. The topological polar surface area (TPSA) is 76.1 Å². The summed E-state index contributed by atoms with van der Waals surface area (Å²) < 4.78 is 6.35. The molecular formula is C14H8BrClN2O2. The number of nitriles is 1. The Labute approximate surface area is 128 Å². The molecule has 0 spiro atoms. The van der Waals surface area contributed by atoms with Crippen LogP contribution < -0.4 is 10.5 Å². The summed E-state index contributed by atoms with van der Waals surface area (Å²) >= 11 is 9.22. The van der Waals surface area contributed by atoms with Gasteiger partial charge in [-0.05, 0) is 30.3 Å². The second-order valence-electron chi connectivity index (χ2n) is 3.86. The predicted octanol–water partition coefficient (Wildman–Crippen LogP) is 3.87. The molecular weight excluding hydrogens is 344 g/mol. The maximum atomic E-state index is 11.3. The fraction of sp³-hybridized carbons (Fsp3) is 0. The van der Waals surface area contributed by atoms with Gasteiger partial charge in [0.25, 0.3) is 5.91 Å². The summed E-state index contributed by atoms with van der Waals surface area (Å²) in [5.41, 5.74) is 5.90. The molecule has 2 aromatic rings. The summed E-state index contributed by atoms with van der Waals surface area (Å²) in [5.74, 6) is 0.134.